The molecule has 3 rings (SSSR count). The highest BCUT2D eigenvalue weighted by Crippen LogP contribution is 2.26. The molecule has 2 atom stereocenters. The van der Waals surface area contributed by atoms with Gasteiger partial charge in [0.05, 0.1) is 12.6 Å². The second-order valence-corrected chi connectivity index (χ2v) is 8.49. The minimum absolute atomic E-state index is 0.0294. The molecule has 0 radical (unpaired) electrons. The molecule has 0 saturated carbocycles. The Morgan fingerprint density at radius 2 is 2.14 bits per heavy atom. The number of amides is 3. The summed E-state index contributed by atoms with van der Waals surface area (Å²) >= 11 is 0. The lowest BCUT2D eigenvalue weighted by molar-refractivity contribution is -0.132. The fourth-order valence-corrected chi connectivity index (χ4v) is 3.61. The fourth-order valence-electron chi connectivity index (χ4n) is 3.61. The Morgan fingerprint density at radius 3 is 2.79 bits per heavy atom. The lowest BCUT2D eigenvalue weighted by Crippen LogP contribution is -2.62. The van der Waals surface area contributed by atoms with Crippen molar-refractivity contribution in [2.75, 3.05) is 26.7 Å². The third-order valence-corrected chi connectivity index (χ3v) is 5.74. The van der Waals surface area contributed by atoms with E-state index in [4.69, 9.17) is 4.74 Å². The first kappa shape index (κ1) is 21.3. The van der Waals surface area contributed by atoms with Gasteiger partial charge < -0.3 is 20.3 Å². The van der Waals surface area contributed by atoms with E-state index in [1.165, 1.54) is 15.6 Å². The van der Waals surface area contributed by atoms with Crippen molar-refractivity contribution in [3.05, 3.63) is 17.5 Å². The van der Waals surface area contributed by atoms with Crippen LogP contribution in [0.1, 0.15) is 61.0 Å². The molecule has 2 aliphatic heterocycles. The number of carbonyl (C=O) groups excluding carboxylic acids is 3. The van der Waals surface area contributed by atoms with E-state index in [2.05, 4.69) is 29.6 Å². The predicted octanol–water partition coefficient (Wildman–Crippen LogP) is 0.799. The molecule has 1 aromatic rings. The Bertz CT molecular complexity index is 784. The number of likely N-dealkylation sites (N-methyl/N-ethyl adjacent to an activating group) is 1. The Balaban J connectivity index is 1.70. The highest BCUT2D eigenvalue weighted by Gasteiger charge is 2.46. The van der Waals surface area contributed by atoms with Crippen molar-refractivity contribution in [2.45, 2.75) is 58.2 Å². The number of hydrogen-bond acceptors (Lipinski definition) is 5. The zero-order chi connectivity index (χ0) is 21.2. The van der Waals surface area contributed by atoms with E-state index in [0.29, 0.717) is 24.7 Å². The van der Waals surface area contributed by atoms with Crippen LogP contribution in [0, 0.1) is 5.92 Å². The highest BCUT2D eigenvalue weighted by atomic mass is 16.5. The highest BCUT2D eigenvalue weighted by molar-refractivity contribution is 6.01. The van der Waals surface area contributed by atoms with Crippen molar-refractivity contribution in [3.63, 3.8) is 0 Å². The van der Waals surface area contributed by atoms with Crippen LogP contribution in [0.2, 0.25) is 0 Å². The maximum absolute atomic E-state index is 12.9. The summed E-state index contributed by atoms with van der Waals surface area (Å²) in [6, 6.07) is 1.49. The fraction of sp³-hybridized carbons (Fsp3) is 0.700. The third kappa shape index (κ3) is 4.44. The molecule has 2 aliphatic rings. The molecule has 9 nitrogen and oxygen atoms in total. The Hall–Kier alpha value is -2.42. The molecule has 1 aromatic heterocycles. The van der Waals surface area contributed by atoms with Gasteiger partial charge in [0.1, 0.15) is 11.2 Å². The maximum atomic E-state index is 12.9. The van der Waals surface area contributed by atoms with Crippen molar-refractivity contribution < 1.29 is 19.1 Å². The number of rotatable bonds is 7. The average Bonchev–Trinajstić information content (AvgIpc) is 3.33. The molecule has 160 valence electrons. The summed E-state index contributed by atoms with van der Waals surface area (Å²) in [5.41, 5.74) is -0.593. The molecule has 0 unspecified atom stereocenters. The molecular formula is C20H31N5O4. The number of hydrogen-bond donors (Lipinski definition) is 2. The van der Waals surface area contributed by atoms with Crippen molar-refractivity contribution >= 4 is 17.7 Å². The van der Waals surface area contributed by atoms with Crippen LogP contribution >= 0.6 is 0 Å². The summed E-state index contributed by atoms with van der Waals surface area (Å²) in [4.78, 5) is 39.6. The Labute approximate surface area is 171 Å². The van der Waals surface area contributed by atoms with Crippen LogP contribution in [-0.4, -0.2) is 70.8 Å². The molecule has 2 N–H and O–H groups in total. The molecule has 0 aliphatic carbocycles. The molecule has 3 heterocycles. The summed E-state index contributed by atoms with van der Waals surface area (Å²) in [6.07, 6.45) is 2.81. The largest absolute Gasteiger partial charge is 0.376 e. The Morgan fingerprint density at radius 1 is 1.38 bits per heavy atom. The van der Waals surface area contributed by atoms with Gasteiger partial charge in [-0.2, -0.15) is 5.10 Å². The van der Waals surface area contributed by atoms with Gasteiger partial charge in [-0.15, -0.1) is 0 Å². The van der Waals surface area contributed by atoms with E-state index >= 15 is 0 Å². The quantitative estimate of drug-likeness (QED) is 0.698. The van der Waals surface area contributed by atoms with Crippen molar-refractivity contribution in [3.8, 4) is 0 Å². The van der Waals surface area contributed by atoms with Crippen LogP contribution in [0.5, 0.6) is 0 Å². The van der Waals surface area contributed by atoms with E-state index in [9.17, 15) is 14.4 Å². The number of nitrogens with one attached hydrogen (secondary N) is 2. The topological polar surface area (TPSA) is 106 Å². The summed E-state index contributed by atoms with van der Waals surface area (Å²) in [7, 11) is 1.61. The van der Waals surface area contributed by atoms with Gasteiger partial charge in [-0.25, -0.2) is 0 Å². The van der Waals surface area contributed by atoms with Gasteiger partial charge in [-0.1, -0.05) is 13.8 Å². The lowest BCUT2D eigenvalue weighted by Gasteiger charge is -2.40. The number of fused-ring (bicyclic) bond motifs is 1. The van der Waals surface area contributed by atoms with E-state index in [1.54, 1.807) is 14.0 Å². The molecule has 29 heavy (non-hydrogen) atoms. The van der Waals surface area contributed by atoms with Crippen LogP contribution in [0.15, 0.2) is 6.07 Å². The minimum atomic E-state index is -1.07. The van der Waals surface area contributed by atoms with Gasteiger partial charge in [0.15, 0.2) is 5.69 Å². The Kier molecular flexibility index (Phi) is 6.26. The van der Waals surface area contributed by atoms with E-state index in [-0.39, 0.29) is 36.1 Å². The molecule has 0 bridgehead atoms. The second-order valence-electron chi connectivity index (χ2n) is 8.49. The molecule has 9 heteroatoms. The van der Waals surface area contributed by atoms with Crippen molar-refractivity contribution in [1.82, 2.24) is 25.3 Å². The number of nitrogens with zero attached hydrogens (tertiary/aromatic N) is 3. The minimum Gasteiger partial charge on any atom is -0.376 e. The van der Waals surface area contributed by atoms with Gasteiger partial charge >= 0.3 is 0 Å². The van der Waals surface area contributed by atoms with E-state index in [1.807, 2.05) is 0 Å². The van der Waals surface area contributed by atoms with Crippen LogP contribution < -0.4 is 10.6 Å². The summed E-state index contributed by atoms with van der Waals surface area (Å²) in [5, 5.41) is 10.0. The standard InChI is InChI=1S/C20H31N5O4/c1-13(2)7-8-21-19(28)20(3)12-25-16(18(27)24(20)4)10-15(23-25)17(26)22-11-14-6-5-9-29-14/h10,13-14H,5-9,11-12H2,1-4H3,(H,21,28)(H,22,26)/t14-,20-/m0/s1. The van der Waals surface area contributed by atoms with E-state index < -0.39 is 5.54 Å². The first-order chi connectivity index (χ1) is 13.7. The normalized spacial score (nSPS) is 24.0. The third-order valence-electron chi connectivity index (χ3n) is 5.74. The molecule has 1 fully saturated rings. The number of aromatic nitrogens is 2. The van der Waals surface area contributed by atoms with Gasteiger partial charge in [-0.05, 0) is 32.1 Å². The van der Waals surface area contributed by atoms with E-state index in [0.717, 1.165) is 25.9 Å². The monoisotopic (exact) mass is 405 g/mol. The van der Waals surface area contributed by atoms with Crippen LogP contribution in [-0.2, 0) is 16.1 Å². The molecule has 1 saturated heterocycles. The SMILES string of the molecule is CC(C)CCNC(=O)[C@]1(C)Cn2nc(C(=O)NC[C@@H]3CCCO3)cc2C(=O)N1C. The molecule has 0 spiro atoms. The number of ether oxygens (including phenoxy) is 1. The smallest absolute Gasteiger partial charge is 0.272 e. The van der Waals surface area contributed by atoms with Crippen molar-refractivity contribution in [1.29, 1.82) is 0 Å². The first-order valence-electron chi connectivity index (χ1n) is 10.3. The van der Waals surface area contributed by atoms with Crippen molar-refractivity contribution in [2.24, 2.45) is 5.92 Å². The average molecular weight is 405 g/mol. The zero-order valence-electron chi connectivity index (χ0n) is 17.7. The molecule has 0 aromatic carbocycles. The van der Waals surface area contributed by atoms with Gasteiger partial charge in [0, 0.05) is 32.8 Å². The maximum Gasteiger partial charge on any atom is 0.272 e. The predicted molar refractivity (Wildman–Crippen MR) is 106 cm³/mol. The van der Waals surface area contributed by atoms with Crippen LogP contribution in [0.3, 0.4) is 0 Å². The summed E-state index contributed by atoms with van der Waals surface area (Å²) in [6.45, 7) is 7.78. The first-order valence-corrected chi connectivity index (χ1v) is 10.3. The summed E-state index contributed by atoms with van der Waals surface area (Å²) < 4.78 is 6.97. The number of carbonyl (C=O) groups is 3. The van der Waals surface area contributed by atoms with Crippen LogP contribution in [0.25, 0.3) is 0 Å². The van der Waals surface area contributed by atoms with Crippen LogP contribution in [0.4, 0.5) is 0 Å². The molecule has 3 amide bonds. The van der Waals surface area contributed by atoms with Gasteiger partial charge in [-0.3, -0.25) is 19.1 Å². The molecular weight excluding hydrogens is 374 g/mol. The van der Waals surface area contributed by atoms with Gasteiger partial charge in [0.2, 0.25) is 5.91 Å². The second kappa shape index (κ2) is 8.52. The summed E-state index contributed by atoms with van der Waals surface area (Å²) in [5.74, 6) is -0.425. The lowest BCUT2D eigenvalue weighted by atomic mass is 9.95. The zero-order valence-corrected chi connectivity index (χ0v) is 17.7. The van der Waals surface area contributed by atoms with Gasteiger partial charge in [0.25, 0.3) is 11.8 Å².